The van der Waals surface area contributed by atoms with Crippen LogP contribution in [0, 0.1) is 17.8 Å². The first-order valence-electron chi connectivity index (χ1n) is 31.2. The predicted molar refractivity (Wildman–Crippen MR) is 298 cm³/mol. The number of rotatable bonds is 56. The summed E-state index contributed by atoms with van der Waals surface area (Å²) < 4.78 is 16.9. The van der Waals surface area contributed by atoms with E-state index >= 15 is 0 Å². The maximum atomic E-state index is 12.9. The van der Waals surface area contributed by atoms with Gasteiger partial charge in [-0.25, -0.2) is 0 Å². The van der Waals surface area contributed by atoms with E-state index < -0.39 is 6.10 Å². The first-order chi connectivity index (χ1) is 33.7. The molecule has 0 amide bonds. The van der Waals surface area contributed by atoms with Gasteiger partial charge in [0.05, 0.1) is 0 Å². The fourth-order valence-corrected chi connectivity index (χ4v) is 9.64. The second kappa shape index (κ2) is 54.2. The molecule has 0 aliphatic rings. The standard InChI is InChI=1S/C63H122O6/c1-7-58(5)50-44-38-32-26-22-18-13-11-9-10-12-14-19-23-27-34-40-46-52-61(64)67-55-60(56-68-62(65)53-47-41-35-30-29-33-39-45-51-59(6)8-2)69-63(66)54-48-42-36-28-24-20-16-15-17-21-25-31-37-43-49-57(3)4/h57-60H,7-56H2,1-6H3/t58?,59?,60-/m1/s1. The molecular weight excluding hydrogens is 853 g/mol. The van der Waals surface area contributed by atoms with Gasteiger partial charge in [0, 0.05) is 19.3 Å². The van der Waals surface area contributed by atoms with Gasteiger partial charge >= 0.3 is 17.9 Å². The van der Waals surface area contributed by atoms with Crippen LogP contribution in [0.1, 0.15) is 350 Å². The van der Waals surface area contributed by atoms with Crippen LogP contribution in [0.25, 0.3) is 0 Å². The SMILES string of the molecule is CCC(C)CCCCCCCCCCCCCCCCCCCCC(=O)OC[C@H](COC(=O)CCCCCCCCCCC(C)CC)OC(=O)CCCCCCCCCCCCCCCCC(C)C. The van der Waals surface area contributed by atoms with Gasteiger partial charge in [-0.3, -0.25) is 14.4 Å². The molecule has 0 saturated carbocycles. The van der Waals surface area contributed by atoms with E-state index in [4.69, 9.17) is 14.2 Å². The molecule has 0 aliphatic carbocycles. The Labute approximate surface area is 431 Å². The highest BCUT2D eigenvalue weighted by molar-refractivity contribution is 5.71. The van der Waals surface area contributed by atoms with Crippen molar-refractivity contribution < 1.29 is 28.6 Å². The average Bonchev–Trinajstić information content (AvgIpc) is 3.34. The Morgan fingerprint density at radius 3 is 0.754 bits per heavy atom. The number of hydrogen-bond acceptors (Lipinski definition) is 6. The maximum Gasteiger partial charge on any atom is 0.306 e. The Morgan fingerprint density at radius 2 is 0.507 bits per heavy atom. The summed E-state index contributed by atoms with van der Waals surface area (Å²) in [6.45, 7) is 13.8. The van der Waals surface area contributed by atoms with Crippen LogP contribution in [-0.2, 0) is 28.6 Å². The molecule has 0 aliphatic heterocycles. The third-order valence-corrected chi connectivity index (χ3v) is 15.1. The molecule has 0 radical (unpaired) electrons. The van der Waals surface area contributed by atoms with E-state index in [1.54, 1.807) is 0 Å². The van der Waals surface area contributed by atoms with Crippen molar-refractivity contribution in [1.82, 2.24) is 0 Å². The Balaban J connectivity index is 4.24. The minimum atomic E-state index is -0.764. The van der Waals surface area contributed by atoms with Crippen LogP contribution in [0.5, 0.6) is 0 Å². The largest absolute Gasteiger partial charge is 0.462 e. The van der Waals surface area contributed by atoms with Gasteiger partial charge in [0.2, 0.25) is 0 Å². The fourth-order valence-electron chi connectivity index (χ4n) is 9.64. The molecule has 0 N–H and O–H groups in total. The molecule has 69 heavy (non-hydrogen) atoms. The molecule has 6 nitrogen and oxygen atoms in total. The van der Waals surface area contributed by atoms with Crippen molar-refractivity contribution in [3.05, 3.63) is 0 Å². The zero-order valence-corrected chi connectivity index (χ0v) is 47.6. The summed E-state index contributed by atoms with van der Waals surface area (Å²) in [5.74, 6) is 1.76. The van der Waals surface area contributed by atoms with Gasteiger partial charge in [-0.05, 0) is 37.0 Å². The van der Waals surface area contributed by atoms with E-state index in [0.717, 1.165) is 75.5 Å². The summed E-state index contributed by atoms with van der Waals surface area (Å²) in [5.41, 5.74) is 0. The van der Waals surface area contributed by atoms with Crippen molar-refractivity contribution in [1.29, 1.82) is 0 Å². The zero-order chi connectivity index (χ0) is 50.5. The van der Waals surface area contributed by atoms with Crippen LogP contribution in [-0.4, -0.2) is 37.2 Å². The Bertz CT molecular complexity index is 1070. The van der Waals surface area contributed by atoms with Gasteiger partial charge < -0.3 is 14.2 Å². The Kier molecular flexibility index (Phi) is 52.9. The number of carbonyl (C=O) groups is 3. The Morgan fingerprint density at radius 1 is 0.290 bits per heavy atom. The van der Waals surface area contributed by atoms with Gasteiger partial charge in [0.15, 0.2) is 6.10 Å². The van der Waals surface area contributed by atoms with Crippen LogP contribution in [0.4, 0.5) is 0 Å². The molecule has 410 valence electrons. The first-order valence-corrected chi connectivity index (χ1v) is 31.2. The molecule has 0 saturated heterocycles. The number of esters is 3. The summed E-state index contributed by atoms with van der Waals surface area (Å²) in [4.78, 5) is 38.2. The lowest BCUT2D eigenvalue weighted by molar-refractivity contribution is -0.167. The molecule has 0 aromatic rings. The van der Waals surface area contributed by atoms with Gasteiger partial charge in [-0.15, -0.1) is 0 Å². The number of ether oxygens (including phenoxy) is 3. The van der Waals surface area contributed by atoms with Crippen LogP contribution in [0.3, 0.4) is 0 Å². The van der Waals surface area contributed by atoms with Crippen molar-refractivity contribution in [3.8, 4) is 0 Å². The van der Waals surface area contributed by atoms with Crippen LogP contribution >= 0.6 is 0 Å². The van der Waals surface area contributed by atoms with E-state index in [1.807, 2.05) is 0 Å². The summed E-state index contributed by atoms with van der Waals surface area (Å²) in [7, 11) is 0. The maximum absolute atomic E-state index is 12.9. The van der Waals surface area contributed by atoms with Crippen molar-refractivity contribution in [3.63, 3.8) is 0 Å². The molecule has 0 rings (SSSR count). The lowest BCUT2D eigenvalue weighted by Gasteiger charge is -2.18. The van der Waals surface area contributed by atoms with Crippen molar-refractivity contribution in [2.45, 2.75) is 356 Å². The minimum Gasteiger partial charge on any atom is -0.462 e. The number of hydrogen-bond donors (Lipinski definition) is 0. The second-order valence-corrected chi connectivity index (χ2v) is 22.7. The molecule has 3 atom stereocenters. The van der Waals surface area contributed by atoms with Crippen LogP contribution < -0.4 is 0 Å². The van der Waals surface area contributed by atoms with Crippen molar-refractivity contribution in [2.24, 2.45) is 17.8 Å². The average molecular weight is 976 g/mol. The van der Waals surface area contributed by atoms with E-state index in [0.29, 0.717) is 19.3 Å². The van der Waals surface area contributed by atoms with Gasteiger partial charge in [0.25, 0.3) is 0 Å². The summed E-state index contributed by atoms with van der Waals surface area (Å²) in [6.07, 6.45) is 58.1. The molecule has 0 fully saturated rings. The van der Waals surface area contributed by atoms with Crippen molar-refractivity contribution >= 4 is 17.9 Å². The zero-order valence-electron chi connectivity index (χ0n) is 47.6. The number of carbonyl (C=O) groups excluding carboxylic acids is 3. The minimum absolute atomic E-state index is 0.0632. The molecule has 0 aromatic carbocycles. The highest BCUT2D eigenvalue weighted by atomic mass is 16.6. The molecule has 2 unspecified atom stereocenters. The summed E-state index contributed by atoms with van der Waals surface area (Å²) >= 11 is 0. The van der Waals surface area contributed by atoms with Gasteiger partial charge in [0.1, 0.15) is 13.2 Å². The molecule has 6 heteroatoms. The number of unbranched alkanes of at least 4 members (excludes halogenated alkanes) is 37. The molecule has 0 heterocycles. The molecule has 0 bridgehead atoms. The smallest absolute Gasteiger partial charge is 0.306 e. The highest BCUT2D eigenvalue weighted by Gasteiger charge is 2.19. The van der Waals surface area contributed by atoms with E-state index in [9.17, 15) is 14.4 Å². The lowest BCUT2D eigenvalue weighted by Crippen LogP contribution is -2.30. The van der Waals surface area contributed by atoms with Crippen molar-refractivity contribution in [2.75, 3.05) is 13.2 Å². The third kappa shape index (κ3) is 54.0. The topological polar surface area (TPSA) is 78.9 Å². The fraction of sp³-hybridized carbons (Fsp3) is 0.952. The van der Waals surface area contributed by atoms with Crippen LogP contribution in [0.15, 0.2) is 0 Å². The Hall–Kier alpha value is -1.59. The quantitative estimate of drug-likeness (QED) is 0.0343. The monoisotopic (exact) mass is 975 g/mol. The molecule has 0 aromatic heterocycles. The van der Waals surface area contributed by atoms with Gasteiger partial charge in [-0.1, -0.05) is 311 Å². The summed E-state index contributed by atoms with van der Waals surface area (Å²) in [5, 5.41) is 0. The van der Waals surface area contributed by atoms with E-state index in [2.05, 4.69) is 41.5 Å². The second-order valence-electron chi connectivity index (χ2n) is 22.7. The normalized spacial score (nSPS) is 12.9. The van der Waals surface area contributed by atoms with E-state index in [-0.39, 0.29) is 31.1 Å². The lowest BCUT2D eigenvalue weighted by atomic mass is 9.99. The highest BCUT2D eigenvalue weighted by Crippen LogP contribution is 2.20. The summed E-state index contributed by atoms with van der Waals surface area (Å²) in [6, 6.07) is 0. The molecular formula is C63H122O6. The first kappa shape index (κ1) is 67.4. The predicted octanol–water partition coefficient (Wildman–Crippen LogP) is 20.7. The van der Waals surface area contributed by atoms with Crippen LogP contribution in [0.2, 0.25) is 0 Å². The van der Waals surface area contributed by atoms with Gasteiger partial charge in [-0.2, -0.15) is 0 Å². The molecule has 0 spiro atoms. The third-order valence-electron chi connectivity index (χ3n) is 15.1. The van der Waals surface area contributed by atoms with E-state index in [1.165, 1.54) is 231 Å².